The van der Waals surface area contributed by atoms with Gasteiger partial charge in [-0.1, -0.05) is 33.6 Å². The van der Waals surface area contributed by atoms with Crippen molar-refractivity contribution in [2.24, 2.45) is 17.8 Å². The number of ether oxygens (including phenoxy) is 1. The molecule has 8 nitrogen and oxygen atoms in total. The van der Waals surface area contributed by atoms with Gasteiger partial charge in [0.05, 0.1) is 24.6 Å². The lowest BCUT2D eigenvalue weighted by Crippen LogP contribution is -2.60. The van der Waals surface area contributed by atoms with Crippen LogP contribution >= 0.6 is 39.1 Å². The summed E-state index contributed by atoms with van der Waals surface area (Å²) in [5.74, 6) is -22.1. The molecule has 0 aromatic heterocycles. The lowest BCUT2D eigenvalue weighted by molar-refractivity contribution is -0.125. The van der Waals surface area contributed by atoms with Gasteiger partial charge in [-0.25, -0.2) is 26.9 Å². The van der Waals surface area contributed by atoms with Crippen LogP contribution in [0.4, 0.5) is 33.3 Å². The van der Waals surface area contributed by atoms with Gasteiger partial charge in [0, 0.05) is 22.0 Å². The summed E-state index contributed by atoms with van der Waals surface area (Å²) in [6, 6.07) is 10.2. The molecule has 3 aromatic rings. The second kappa shape index (κ2) is 11.3. The first-order chi connectivity index (χ1) is 23.1. The summed E-state index contributed by atoms with van der Waals surface area (Å²) in [5.41, 5.74) is -1.56. The predicted molar refractivity (Wildman–Crippen MR) is 168 cm³/mol. The molecule has 1 N–H and O–H groups in total. The van der Waals surface area contributed by atoms with E-state index >= 15 is 8.78 Å². The zero-order chi connectivity index (χ0) is 35.5. The molecule has 2 aliphatic heterocycles. The third-order valence-electron chi connectivity index (χ3n) is 9.85. The quantitative estimate of drug-likeness (QED) is 0.0797. The van der Waals surface area contributed by atoms with Crippen molar-refractivity contribution in [2.75, 3.05) is 16.9 Å². The fraction of sp³-hybridized carbons (Fsp3) is 0.273. The van der Waals surface area contributed by atoms with Crippen molar-refractivity contribution in [3.05, 3.63) is 93.2 Å². The monoisotopic (exact) mass is 784 g/mol. The minimum Gasteiger partial charge on any atom is -0.508 e. The molecule has 0 spiro atoms. The van der Waals surface area contributed by atoms with Crippen LogP contribution in [0.25, 0.3) is 0 Å². The van der Waals surface area contributed by atoms with Gasteiger partial charge < -0.3 is 9.84 Å². The number of hydrogen-bond acceptors (Lipinski definition) is 6. The summed E-state index contributed by atoms with van der Waals surface area (Å²) in [6.07, 6.45) is 0.825. The van der Waals surface area contributed by atoms with E-state index < -0.39 is 104 Å². The standard InChI is InChI=1S/C33H20BrCl2F5N2O6/c1-49-14-6-7-16(19(44)10-14)21-15-8-9-17-20(29(46)42(28(17)45)13-4-2-12(34)3-5-13)18(15)11-32(35)30(47)43(31(48)33(21,32)36)27-25(40)23(38)22(37)24(39)26(27)41/h2-8,10,17-18,20-21,44H,9,11H2,1H3. The fourth-order valence-corrected chi connectivity index (χ4v) is 8.84. The summed E-state index contributed by atoms with van der Waals surface area (Å²) in [6.45, 7) is 0. The highest BCUT2D eigenvalue weighted by Crippen LogP contribution is 2.67. The Hall–Kier alpha value is -4.01. The molecule has 1 saturated carbocycles. The Morgan fingerprint density at radius 3 is 2.04 bits per heavy atom. The Morgan fingerprint density at radius 2 is 1.45 bits per heavy atom. The van der Waals surface area contributed by atoms with Gasteiger partial charge >= 0.3 is 0 Å². The molecule has 7 rings (SSSR count). The Labute approximate surface area is 292 Å². The van der Waals surface area contributed by atoms with Crippen molar-refractivity contribution in [3.63, 3.8) is 0 Å². The second-order valence-corrected chi connectivity index (χ2v) is 14.3. The van der Waals surface area contributed by atoms with Crippen LogP contribution in [0.2, 0.25) is 0 Å². The molecule has 2 heterocycles. The number of benzene rings is 3. The molecule has 49 heavy (non-hydrogen) atoms. The largest absolute Gasteiger partial charge is 0.508 e. The van der Waals surface area contributed by atoms with Gasteiger partial charge in [-0.05, 0) is 49.1 Å². The second-order valence-electron chi connectivity index (χ2n) is 12.1. The number of alkyl halides is 2. The van der Waals surface area contributed by atoms with Crippen LogP contribution in [0.1, 0.15) is 24.3 Å². The molecule has 2 aliphatic carbocycles. The van der Waals surface area contributed by atoms with Crippen molar-refractivity contribution in [3.8, 4) is 11.5 Å². The van der Waals surface area contributed by atoms with Gasteiger partial charge in [-0.2, -0.15) is 0 Å². The summed E-state index contributed by atoms with van der Waals surface area (Å²) in [5, 5.41) is 11.2. The van der Waals surface area contributed by atoms with Crippen LogP contribution in [0, 0.1) is 46.8 Å². The van der Waals surface area contributed by atoms with E-state index in [1.165, 1.54) is 25.3 Å². The molecular weight excluding hydrogens is 766 g/mol. The number of methoxy groups -OCH3 is 1. The minimum absolute atomic E-state index is 0.0483. The highest BCUT2D eigenvalue weighted by molar-refractivity contribution is 9.10. The van der Waals surface area contributed by atoms with Gasteiger partial charge in [0.1, 0.15) is 17.2 Å². The van der Waals surface area contributed by atoms with Crippen LogP contribution < -0.4 is 14.5 Å². The number of carbonyl (C=O) groups is 4. The molecule has 6 unspecified atom stereocenters. The number of hydrogen-bond donors (Lipinski definition) is 1. The number of halogens is 8. The van der Waals surface area contributed by atoms with E-state index in [1.54, 1.807) is 24.3 Å². The average molecular weight is 786 g/mol. The van der Waals surface area contributed by atoms with E-state index in [-0.39, 0.29) is 33.9 Å². The van der Waals surface area contributed by atoms with E-state index in [2.05, 4.69) is 15.9 Å². The first-order valence-corrected chi connectivity index (χ1v) is 16.1. The number of anilines is 2. The summed E-state index contributed by atoms with van der Waals surface area (Å²) < 4.78 is 79.0. The lowest BCUT2D eigenvalue weighted by Gasteiger charge is -2.50. The number of allylic oxidation sites excluding steroid dienone is 2. The lowest BCUT2D eigenvalue weighted by atomic mass is 9.56. The van der Waals surface area contributed by atoms with Crippen molar-refractivity contribution in [2.45, 2.75) is 28.5 Å². The number of fused-ring (bicyclic) bond motifs is 4. The molecule has 2 saturated heterocycles. The maximum atomic E-state index is 15.2. The molecular formula is C33H20BrCl2F5N2O6. The zero-order valence-electron chi connectivity index (χ0n) is 24.7. The van der Waals surface area contributed by atoms with Crippen LogP contribution in [0.5, 0.6) is 11.5 Å². The number of rotatable bonds is 4. The van der Waals surface area contributed by atoms with Crippen molar-refractivity contribution in [1.82, 2.24) is 0 Å². The van der Waals surface area contributed by atoms with E-state index in [1.807, 2.05) is 0 Å². The molecule has 4 amide bonds. The van der Waals surface area contributed by atoms with Crippen molar-refractivity contribution >= 4 is 74.1 Å². The number of imide groups is 2. The third-order valence-corrected chi connectivity index (χ3v) is 11.8. The molecule has 4 aliphatic rings. The van der Waals surface area contributed by atoms with Gasteiger partial charge in [-0.15, -0.1) is 23.2 Å². The Balaban J connectivity index is 1.44. The Bertz CT molecular complexity index is 2040. The molecule has 254 valence electrons. The van der Waals surface area contributed by atoms with Crippen LogP contribution in [0.3, 0.4) is 0 Å². The Morgan fingerprint density at radius 1 is 0.837 bits per heavy atom. The van der Waals surface area contributed by atoms with Crippen LogP contribution in [-0.2, 0) is 19.2 Å². The summed E-state index contributed by atoms with van der Waals surface area (Å²) >= 11 is 17.5. The summed E-state index contributed by atoms with van der Waals surface area (Å²) in [4.78, 5) is 51.7. The van der Waals surface area contributed by atoms with Gasteiger partial charge in [0.2, 0.25) is 17.6 Å². The van der Waals surface area contributed by atoms with Gasteiger partial charge in [-0.3, -0.25) is 24.1 Å². The fourth-order valence-electron chi connectivity index (χ4n) is 7.65. The smallest absolute Gasteiger partial charge is 0.258 e. The molecule has 3 fully saturated rings. The highest BCUT2D eigenvalue weighted by Gasteiger charge is 2.77. The molecule has 3 aromatic carbocycles. The number of nitrogens with zero attached hydrogens (tertiary/aromatic N) is 2. The maximum absolute atomic E-state index is 15.2. The molecule has 0 radical (unpaired) electrons. The maximum Gasteiger partial charge on any atom is 0.258 e. The molecule has 16 heteroatoms. The van der Waals surface area contributed by atoms with Crippen molar-refractivity contribution < 1.29 is 51.0 Å². The van der Waals surface area contributed by atoms with E-state index in [4.69, 9.17) is 27.9 Å². The zero-order valence-corrected chi connectivity index (χ0v) is 27.8. The SMILES string of the molecule is COc1ccc(C2C3=CCC4C(=O)N(c5ccc(Br)cc5)C(=O)C4C3CC3(Cl)C(=O)N(c4c(F)c(F)c(F)c(F)c4F)C(=O)C23Cl)c(O)c1. The van der Waals surface area contributed by atoms with E-state index in [9.17, 15) is 37.5 Å². The van der Waals surface area contributed by atoms with Crippen LogP contribution in [-0.4, -0.2) is 45.6 Å². The Kier molecular flexibility index (Phi) is 7.69. The topological polar surface area (TPSA) is 104 Å². The van der Waals surface area contributed by atoms with Crippen LogP contribution in [0.15, 0.2) is 58.6 Å². The molecule has 6 atom stereocenters. The first-order valence-electron chi connectivity index (χ1n) is 14.6. The number of carbonyl (C=O) groups excluding carboxylic acids is 4. The highest BCUT2D eigenvalue weighted by atomic mass is 79.9. The number of phenols is 1. The number of aromatic hydroxyl groups is 1. The van der Waals surface area contributed by atoms with Gasteiger partial charge in [0.25, 0.3) is 11.8 Å². The first kappa shape index (κ1) is 33.5. The normalized spacial score (nSPS) is 29.2. The number of phenolic OH excluding ortho intramolecular Hbond substituents is 1. The van der Waals surface area contributed by atoms with Gasteiger partial charge in [0.15, 0.2) is 33.0 Å². The van der Waals surface area contributed by atoms with Crippen molar-refractivity contribution in [1.29, 1.82) is 0 Å². The van der Waals surface area contributed by atoms with E-state index in [0.717, 1.165) is 11.0 Å². The average Bonchev–Trinajstić information content (AvgIpc) is 3.42. The molecule has 0 bridgehead atoms. The minimum atomic E-state index is -2.76. The van der Waals surface area contributed by atoms with E-state index in [0.29, 0.717) is 4.47 Å². The number of amides is 4. The third kappa shape index (κ3) is 4.32. The predicted octanol–water partition coefficient (Wildman–Crippen LogP) is 6.63. The summed E-state index contributed by atoms with van der Waals surface area (Å²) in [7, 11) is 1.31.